The molecule has 0 aliphatic carbocycles. The first kappa shape index (κ1) is 15.5. The molecule has 3 aromatic rings. The van der Waals surface area contributed by atoms with Crippen LogP contribution in [0.15, 0.2) is 61.1 Å². The van der Waals surface area contributed by atoms with E-state index >= 15 is 0 Å². The molecular formula is C18H16N4O2. The second kappa shape index (κ2) is 6.78. The minimum Gasteiger partial charge on any atom is -0.508 e. The standard InChI is InChI=1S/C18H16N4O2/c1-12-17(10-19-11-20-12)18(24)22-21-15-6-2-4-13(8-15)14-5-3-7-16(23)9-14/h2-11,21,23H,1H3,(H,22,24). The Morgan fingerprint density at radius 1 is 1.08 bits per heavy atom. The van der Waals surface area contributed by atoms with E-state index in [0.717, 1.165) is 16.8 Å². The minimum absolute atomic E-state index is 0.207. The van der Waals surface area contributed by atoms with Crippen LogP contribution in [0.1, 0.15) is 16.1 Å². The molecule has 0 unspecified atom stereocenters. The molecule has 24 heavy (non-hydrogen) atoms. The van der Waals surface area contributed by atoms with Crippen LogP contribution in [0, 0.1) is 6.92 Å². The molecular weight excluding hydrogens is 304 g/mol. The molecule has 1 amide bonds. The van der Waals surface area contributed by atoms with Crippen molar-refractivity contribution in [2.24, 2.45) is 0 Å². The van der Waals surface area contributed by atoms with Gasteiger partial charge in [0.2, 0.25) is 0 Å². The molecule has 6 heteroatoms. The molecule has 2 aromatic carbocycles. The molecule has 0 radical (unpaired) electrons. The highest BCUT2D eigenvalue weighted by Gasteiger charge is 2.09. The number of hydrazine groups is 1. The van der Waals surface area contributed by atoms with E-state index in [9.17, 15) is 9.90 Å². The van der Waals surface area contributed by atoms with Crippen molar-refractivity contribution in [3.8, 4) is 16.9 Å². The Morgan fingerprint density at radius 2 is 1.83 bits per heavy atom. The van der Waals surface area contributed by atoms with Crippen molar-refractivity contribution in [1.82, 2.24) is 15.4 Å². The van der Waals surface area contributed by atoms with E-state index in [1.54, 1.807) is 25.1 Å². The number of rotatable bonds is 4. The maximum atomic E-state index is 12.2. The van der Waals surface area contributed by atoms with Gasteiger partial charge in [0.25, 0.3) is 5.91 Å². The lowest BCUT2D eigenvalue weighted by Gasteiger charge is -2.11. The van der Waals surface area contributed by atoms with Gasteiger partial charge in [-0.3, -0.25) is 15.6 Å². The molecule has 0 aliphatic rings. The van der Waals surface area contributed by atoms with E-state index in [4.69, 9.17) is 0 Å². The van der Waals surface area contributed by atoms with Crippen LogP contribution in [0.5, 0.6) is 5.75 Å². The summed E-state index contributed by atoms with van der Waals surface area (Å²) in [6.45, 7) is 1.75. The smallest absolute Gasteiger partial charge is 0.273 e. The van der Waals surface area contributed by atoms with Gasteiger partial charge in [-0.15, -0.1) is 0 Å². The van der Waals surface area contributed by atoms with Gasteiger partial charge >= 0.3 is 0 Å². The number of phenolic OH excluding ortho intramolecular Hbond substituents is 1. The van der Waals surface area contributed by atoms with Crippen LogP contribution in [-0.2, 0) is 0 Å². The van der Waals surface area contributed by atoms with Gasteiger partial charge < -0.3 is 5.11 Å². The van der Waals surface area contributed by atoms with Gasteiger partial charge in [0.05, 0.1) is 16.9 Å². The summed E-state index contributed by atoms with van der Waals surface area (Å²) in [6.07, 6.45) is 2.88. The Labute approximate surface area is 139 Å². The highest BCUT2D eigenvalue weighted by molar-refractivity contribution is 5.95. The summed E-state index contributed by atoms with van der Waals surface area (Å²) in [6, 6.07) is 14.5. The Hall–Kier alpha value is -3.41. The molecule has 6 nitrogen and oxygen atoms in total. The molecule has 120 valence electrons. The van der Waals surface area contributed by atoms with Crippen molar-refractivity contribution >= 4 is 11.6 Å². The van der Waals surface area contributed by atoms with Gasteiger partial charge in [0.1, 0.15) is 12.1 Å². The van der Waals surface area contributed by atoms with E-state index in [1.165, 1.54) is 12.5 Å². The quantitative estimate of drug-likeness (QED) is 0.643. The molecule has 1 aromatic heterocycles. The monoisotopic (exact) mass is 320 g/mol. The van der Waals surface area contributed by atoms with Crippen LogP contribution < -0.4 is 10.9 Å². The molecule has 3 rings (SSSR count). The van der Waals surface area contributed by atoms with Crippen molar-refractivity contribution in [2.75, 3.05) is 5.43 Å². The average molecular weight is 320 g/mol. The van der Waals surface area contributed by atoms with Crippen LogP contribution >= 0.6 is 0 Å². The van der Waals surface area contributed by atoms with E-state index in [2.05, 4.69) is 20.8 Å². The largest absolute Gasteiger partial charge is 0.508 e. The fourth-order valence-corrected chi connectivity index (χ4v) is 2.27. The van der Waals surface area contributed by atoms with Crippen LogP contribution in [0.3, 0.4) is 0 Å². The molecule has 0 fully saturated rings. The maximum Gasteiger partial charge on any atom is 0.273 e. The molecule has 0 aliphatic heterocycles. The van der Waals surface area contributed by atoms with Crippen LogP contribution in [-0.4, -0.2) is 21.0 Å². The first-order valence-electron chi connectivity index (χ1n) is 7.36. The molecule has 3 N–H and O–H groups in total. The fraction of sp³-hybridized carbons (Fsp3) is 0.0556. The number of hydrogen-bond acceptors (Lipinski definition) is 5. The SMILES string of the molecule is Cc1ncncc1C(=O)NNc1cccc(-c2cccc(O)c2)c1. The number of benzene rings is 2. The normalized spacial score (nSPS) is 10.2. The van der Waals surface area contributed by atoms with Crippen molar-refractivity contribution in [2.45, 2.75) is 6.92 Å². The third kappa shape index (κ3) is 3.49. The molecule has 0 bridgehead atoms. The van der Waals surface area contributed by atoms with Crippen molar-refractivity contribution in [3.63, 3.8) is 0 Å². The average Bonchev–Trinajstić information content (AvgIpc) is 2.60. The summed E-state index contributed by atoms with van der Waals surface area (Å²) in [4.78, 5) is 20.0. The zero-order valence-corrected chi connectivity index (χ0v) is 13.0. The lowest BCUT2D eigenvalue weighted by molar-refractivity contribution is 0.0961. The molecule has 0 saturated carbocycles. The van der Waals surface area contributed by atoms with Crippen LogP contribution in [0.2, 0.25) is 0 Å². The number of aryl methyl sites for hydroxylation is 1. The lowest BCUT2D eigenvalue weighted by atomic mass is 10.1. The summed E-state index contributed by atoms with van der Waals surface area (Å²) >= 11 is 0. The number of carbonyl (C=O) groups excluding carboxylic acids is 1. The van der Waals surface area contributed by atoms with Crippen molar-refractivity contribution in [3.05, 3.63) is 72.3 Å². The van der Waals surface area contributed by atoms with Gasteiger partial charge in [-0.2, -0.15) is 0 Å². The maximum absolute atomic E-state index is 12.2. The second-order valence-corrected chi connectivity index (χ2v) is 5.23. The third-order valence-corrected chi connectivity index (χ3v) is 3.52. The summed E-state index contributed by atoms with van der Waals surface area (Å²) in [5.41, 5.74) is 9.05. The van der Waals surface area contributed by atoms with Crippen LogP contribution in [0.25, 0.3) is 11.1 Å². The number of carbonyl (C=O) groups is 1. The number of aromatic hydroxyl groups is 1. The third-order valence-electron chi connectivity index (χ3n) is 3.52. The number of hydrogen-bond donors (Lipinski definition) is 3. The van der Waals surface area contributed by atoms with Gasteiger partial charge in [0, 0.05) is 6.20 Å². The first-order valence-corrected chi connectivity index (χ1v) is 7.36. The molecule has 0 spiro atoms. The van der Waals surface area contributed by atoms with E-state index in [1.807, 2.05) is 30.3 Å². The topological polar surface area (TPSA) is 87.1 Å². The molecule has 0 saturated heterocycles. The van der Waals surface area contributed by atoms with E-state index < -0.39 is 0 Å². The number of aromatic nitrogens is 2. The number of anilines is 1. The van der Waals surface area contributed by atoms with Crippen molar-refractivity contribution < 1.29 is 9.90 Å². The van der Waals surface area contributed by atoms with Gasteiger partial charge in [0.15, 0.2) is 0 Å². The van der Waals surface area contributed by atoms with Crippen LogP contribution in [0.4, 0.5) is 5.69 Å². The summed E-state index contributed by atoms with van der Waals surface area (Å²) in [5.74, 6) is -0.102. The zero-order chi connectivity index (χ0) is 16.9. The van der Waals surface area contributed by atoms with Gasteiger partial charge in [-0.1, -0.05) is 24.3 Å². The highest BCUT2D eigenvalue weighted by atomic mass is 16.3. The summed E-state index contributed by atoms with van der Waals surface area (Å²) in [7, 11) is 0. The fourth-order valence-electron chi connectivity index (χ4n) is 2.27. The zero-order valence-electron chi connectivity index (χ0n) is 13.0. The van der Waals surface area contributed by atoms with E-state index in [0.29, 0.717) is 11.3 Å². The Balaban J connectivity index is 1.74. The number of phenols is 1. The van der Waals surface area contributed by atoms with Gasteiger partial charge in [-0.05, 0) is 42.3 Å². The Morgan fingerprint density at radius 3 is 2.58 bits per heavy atom. The molecule has 0 atom stereocenters. The predicted molar refractivity (Wildman–Crippen MR) is 91.4 cm³/mol. The van der Waals surface area contributed by atoms with Gasteiger partial charge in [-0.25, -0.2) is 9.97 Å². The minimum atomic E-state index is -0.309. The van der Waals surface area contributed by atoms with E-state index in [-0.39, 0.29) is 11.7 Å². The number of nitrogens with zero attached hydrogens (tertiary/aromatic N) is 2. The number of amides is 1. The summed E-state index contributed by atoms with van der Waals surface area (Å²) in [5, 5.41) is 9.59. The highest BCUT2D eigenvalue weighted by Crippen LogP contribution is 2.25. The Kier molecular flexibility index (Phi) is 4.38. The van der Waals surface area contributed by atoms with Crippen molar-refractivity contribution in [1.29, 1.82) is 0 Å². The second-order valence-electron chi connectivity index (χ2n) is 5.23. The Bertz CT molecular complexity index is 880. The summed E-state index contributed by atoms with van der Waals surface area (Å²) < 4.78 is 0. The number of nitrogens with one attached hydrogen (secondary N) is 2. The molecule has 1 heterocycles. The lowest BCUT2D eigenvalue weighted by Crippen LogP contribution is -2.30. The predicted octanol–water partition coefficient (Wildman–Crippen LogP) is 2.91. The first-order chi connectivity index (χ1) is 11.6.